The Balaban J connectivity index is 0. The quantitative estimate of drug-likeness (QED) is 0.226. The van der Waals surface area contributed by atoms with Gasteiger partial charge in [-0.15, -0.1) is 0 Å². The molecular weight excluding hydrogens is 354 g/mol. The van der Waals surface area contributed by atoms with Crippen LogP contribution < -0.4 is 12.4 Å². The van der Waals surface area contributed by atoms with E-state index in [0.29, 0.717) is 10.4 Å². The molecular formula is C24H50ClNO. The van der Waals surface area contributed by atoms with Gasteiger partial charge in [-0.25, -0.2) is 4.79 Å². The lowest BCUT2D eigenvalue weighted by molar-refractivity contribution is -0.849. The predicted molar refractivity (Wildman–Crippen MR) is 116 cm³/mol. The van der Waals surface area contributed by atoms with Crippen LogP contribution in [0.5, 0.6) is 0 Å². The van der Waals surface area contributed by atoms with E-state index in [1.54, 1.807) is 0 Å². The van der Waals surface area contributed by atoms with Gasteiger partial charge < -0.3 is 12.4 Å². The summed E-state index contributed by atoms with van der Waals surface area (Å²) in [6, 6.07) is 0. The fourth-order valence-electron chi connectivity index (χ4n) is 4.08. The van der Waals surface area contributed by atoms with Crippen molar-refractivity contribution < 1.29 is 21.7 Å². The topological polar surface area (TPSA) is 17.1 Å². The van der Waals surface area contributed by atoms with Gasteiger partial charge in [0.05, 0.1) is 26.1 Å². The summed E-state index contributed by atoms with van der Waals surface area (Å²) in [5.74, 6) is 0.465. The first-order chi connectivity index (χ1) is 12.7. The molecule has 0 N–H and O–H groups in total. The number of halogens is 1. The van der Waals surface area contributed by atoms with Crippen molar-refractivity contribution in [3.8, 4) is 0 Å². The van der Waals surface area contributed by atoms with Crippen LogP contribution in [-0.2, 0) is 4.79 Å². The third-order valence-electron chi connectivity index (χ3n) is 6.34. The number of unbranched alkanes of at least 4 members (excludes halogenated alkanes) is 14. The second kappa shape index (κ2) is 20.6. The molecule has 0 bridgehead atoms. The lowest BCUT2D eigenvalue weighted by Crippen LogP contribution is -3.00. The number of carbonyl (C=O) groups is 1. The Bertz CT molecular complexity index is 307. The van der Waals surface area contributed by atoms with Gasteiger partial charge in [0.25, 0.3) is 0 Å². The minimum Gasteiger partial charge on any atom is -1.00 e. The maximum absolute atomic E-state index is 12.5. The number of nitrogens with zero attached hydrogens (tertiary/aromatic N) is 1. The molecule has 0 saturated heterocycles. The van der Waals surface area contributed by atoms with E-state index in [9.17, 15) is 4.79 Å². The first kappa shape index (κ1) is 29.1. The highest BCUT2D eigenvalue weighted by Crippen LogP contribution is 2.15. The van der Waals surface area contributed by atoms with Crippen molar-refractivity contribution in [3.63, 3.8) is 0 Å². The van der Waals surface area contributed by atoms with E-state index >= 15 is 0 Å². The molecule has 0 heterocycles. The Labute approximate surface area is 177 Å². The number of quaternary nitrogens is 1. The van der Waals surface area contributed by atoms with Crippen LogP contribution in [0, 0.1) is 0 Å². The monoisotopic (exact) mass is 403 g/mol. The molecule has 164 valence electrons. The number of carbonyl (C=O) groups excluding carboxylic acids is 1. The van der Waals surface area contributed by atoms with Crippen molar-refractivity contribution in [2.45, 2.75) is 130 Å². The maximum atomic E-state index is 12.5. The molecule has 0 aromatic heterocycles. The normalized spacial score (nSPS) is 11.4. The zero-order chi connectivity index (χ0) is 19.5. The summed E-state index contributed by atoms with van der Waals surface area (Å²) in [7, 11) is 0. The molecule has 0 spiro atoms. The van der Waals surface area contributed by atoms with Crippen LogP contribution in [0.4, 0.5) is 0 Å². The van der Waals surface area contributed by atoms with E-state index in [1.165, 1.54) is 89.9 Å². The summed E-state index contributed by atoms with van der Waals surface area (Å²) in [6.07, 6.45) is 21.5. The van der Waals surface area contributed by atoms with Crippen LogP contribution in [0.2, 0.25) is 0 Å². The first-order valence-corrected chi connectivity index (χ1v) is 12.1. The van der Waals surface area contributed by atoms with Gasteiger partial charge in [0, 0.05) is 0 Å². The van der Waals surface area contributed by atoms with Gasteiger partial charge >= 0.3 is 5.91 Å². The zero-order valence-electron chi connectivity index (χ0n) is 19.2. The molecule has 0 aliphatic carbocycles. The predicted octanol–water partition coefficient (Wildman–Crippen LogP) is 4.66. The van der Waals surface area contributed by atoms with Crippen LogP contribution in [-0.4, -0.2) is 30.0 Å². The number of hydrogen-bond donors (Lipinski definition) is 0. The largest absolute Gasteiger partial charge is 1.00 e. The highest BCUT2D eigenvalue weighted by Gasteiger charge is 2.29. The van der Waals surface area contributed by atoms with Crippen molar-refractivity contribution in [2.75, 3.05) is 19.6 Å². The molecule has 0 rings (SSSR count). The molecule has 2 nitrogen and oxygen atoms in total. The summed E-state index contributed by atoms with van der Waals surface area (Å²) in [5, 5.41) is 0. The Morgan fingerprint density at radius 2 is 0.815 bits per heavy atom. The minimum atomic E-state index is 0. The highest BCUT2D eigenvalue weighted by atomic mass is 35.5. The fourth-order valence-corrected chi connectivity index (χ4v) is 4.08. The average Bonchev–Trinajstić information content (AvgIpc) is 2.66. The van der Waals surface area contributed by atoms with E-state index in [-0.39, 0.29) is 12.4 Å². The lowest BCUT2D eigenvalue weighted by Gasteiger charge is -2.32. The van der Waals surface area contributed by atoms with E-state index < -0.39 is 0 Å². The molecule has 0 atom stereocenters. The van der Waals surface area contributed by atoms with Gasteiger partial charge in [0.2, 0.25) is 0 Å². The van der Waals surface area contributed by atoms with Gasteiger partial charge in [0.1, 0.15) is 0 Å². The smallest absolute Gasteiger partial charge is 0.313 e. The van der Waals surface area contributed by atoms with Crippen molar-refractivity contribution in [2.24, 2.45) is 0 Å². The SMILES string of the molecule is CCCCCCCCCCCCCCCCCC(=O)[N+](CC)(CC)CC.[Cl-]. The zero-order valence-corrected chi connectivity index (χ0v) is 19.9. The average molecular weight is 404 g/mol. The molecule has 27 heavy (non-hydrogen) atoms. The molecule has 0 radical (unpaired) electrons. The molecule has 0 saturated carbocycles. The molecule has 0 fully saturated rings. The van der Waals surface area contributed by atoms with E-state index in [1.807, 2.05) is 0 Å². The van der Waals surface area contributed by atoms with Crippen LogP contribution >= 0.6 is 0 Å². The van der Waals surface area contributed by atoms with E-state index in [0.717, 1.165) is 32.5 Å². The van der Waals surface area contributed by atoms with E-state index in [2.05, 4.69) is 27.7 Å². The van der Waals surface area contributed by atoms with Gasteiger partial charge in [0.15, 0.2) is 0 Å². The minimum absolute atomic E-state index is 0. The van der Waals surface area contributed by atoms with Crippen LogP contribution in [0.3, 0.4) is 0 Å². The van der Waals surface area contributed by atoms with Gasteiger partial charge in [-0.05, 0) is 27.2 Å². The highest BCUT2D eigenvalue weighted by molar-refractivity contribution is 5.68. The molecule has 0 aromatic carbocycles. The second-order valence-electron chi connectivity index (χ2n) is 8.19. The lowest BCUT2D eigenvalue weighted by atomic mass is 10.0. The van der Waals surface area contributed by atoms with Crippen molar-refractivity contribution >= 4 is 5.91 Å². The Morgan fingerprint density at radius 1 is 0.519 bits per heavy atom. The summed E-state index contributed by atoms with van der Waals surface area (Å²) < 4.78 is 0.679. The van der Waals surface area contributed by atoms with Gasteiger partial charge in [-0.1, -0.05) is 96.8 Å². The van der Waals surface area contributed by atoms with E-state index in [4.69, 9.17) is 0 Å². The number of amides is 1. The van der Waals surface area contributed by atoms with Crippen LogP contribution in [0.25, 0.3) is 0 Å². The summed E-state index contributed by atoms with van der Waals surface area (Å²) in [6.45, 7) is 11.6. The van der Waals surface area contributed by atoms with Crippen LogP contribution in [0.15, 0.2) is 0 Å². The Morgan fingerprint density at radius 3 is 1.11 bits per heavy atom. The number of hydrogen-bond acceptors (Lipinski definition) is 1. The Kier molecular flexibility index (Phi) is 22.3. The Hall–Kier alpha value is -0.0800. The molecule has 1 amide bonds. The van der Waals surface area contributed by atoms with Gasteiger partial charge in [-0.3, -0.25) is 4.48 Å². The molecule has 0 aliphatic rings. The van der Waals surface area contributed by atoms with Crippen LogP contribution in [0.1, 0.15) is 130 Å². The third-order valence-corrected chi connectivity index (χ3v) is 6.34. The standard InChI is InChI=1S/C24H50NO.ClH/c1-5-9-10-11-12-13-14-15-16-17-18-19-20-21-22-23-24(26)25(6-2,7-3)8-4;/h5-23H2,1-4H3;1H/q+1;/p-1. The molecule has 0 unspecified atom stereocenters. The molecule has 0 aliphatic heterocycles. The van der Waals surface area contributed by atoms with Crippen molar-refractivity contribution in [1.29, 1.82) is 0 Å². The third kappa shape index (κ3) is 14.6. The summed E-state index contributed by atoms with van der Waals surface area (Å²) in [4.78, 5) is 12.5. The van der Waals surface area contributed by atoms with Crippen molar-refractivity contribution in [3.05, 3.63) is 0 Å². The number of rotatable bonds is 19. The van der Waals surface area contributed by atoms with Gasteiger partial charge in [-0.2, -0.15) is 0 Å². The summed E-state index contributed by atoms with van der Waals surface area (Å²) in [5.41, 5.74) is 0. The summed E-state index contributed by atoms with van der Waals surface area (Å²) >= 11 is 0. The maximum Gasteiger partial charge on any atom is 0.313 e. The fraction of sp³-hybridized carbons (Fsp3) is 0.958. The molecule has 3 heteroatoms. The second-order valence-corrected chi connectivity index (χ2v) is 8.19. The van der Waals surface area contributed by atoms with Crippen molar-refractivity contribution in [1.82, 2.24) is 0 Å². The molecule has 0 aromatic rings. The first-order valence-electron chi connectivity index (χ1n) is 12.1.